The lowest BCUT2D eigenvalue weighted by molar-refractivity contribution is -0.123. The van der Waals surface area contributed by atoms with Crippen molar-refractivity contribution in [2.45, 2.75) is 39.2 Å². The quantitative estimate of drug-likeness (QED) is 0.877. The van der Waals surface area contributed by atoms with Crippen LogP contribution in [0.5, 0.6) is 0 Å². The number of halogens is 2. The van der Waals surface area contributed by atoms with Crippen LogP contribution in [0.15, 0.2) is 18.2 Å². The van der Waals surface area contributed by atoms with E-state index in [1.54, 1.807) is 6.92 Å². The van der Waals surface area contributed by atoms with Gasteiger partial charge in [0.2, 0.25) is 5.91 Å². The van der Waals surface area contributed by atoms with Crippen molar-refractivity contribution >= 4 is 5.91 Å². The number of benzene rings is 1. The van der Waals surface area contributed by atoms with Gasteiger partial charge in [0.1, 0.15) is 11.6 Å². The third-order valence-electron chi connectivity index (χ3n) is 4.45. The fraction of sp³-hybridized carbons (Fsp3) is 0.588. The Hall–Kier alpha value is -1.49. The molecule has 2 N–H and O–H groups in total. The van der Waals surface area contributed by atoms with E-state index in [2.05, 4.69) is 17.6 Å². The lowest BCUT2D eigenvalue weighted by Crippen LogP contribution is -2.36. The molecule has 0 radical (unpaired) electrons. The van der Waals surface area contributed by atoms with Crippen molar-refractivity contribution in [3.05, 3.63) is 35.4 Å². The van der Waals surface area contributed by atoms with E-state index in [1.165, 1.54) is 12.1 Å². The van der Waals surface area contributed by atoms with Crippen molar-refractivity contribution in [2.75, 3.05) is 13.1 Å². The van der Waals surface area contributed by atoms with Gasteiger partial charge in [0, 0.05) is 18.1 Å². The van der Waals surface area contributed by atoms with Crippen molar-refractivity contribution in [1.29, 1.82) is 0 Å². The maximum atomic E-state index is 13.7. The Labute approximate surface area is 130 Å². The van der Waals surface area contributed by atoms with Gasteiger partial charge in [0.05, 0.1) is 6.04 Å². The third kappa shape index (κ3) is 4.50. The summed E-state index contributed by atoms with van der Waals surface area (Å²) in [6.07, 6.45) is 2.72. The fourth-order valence-corrected chi connectivity index (χ4v) is 3.05. The molecule has 1 aromatic rings. The van der Waals surface area contributed by atoms with Gasteiger partial charge in [-0.15, -0.1) is 0 Å². The first-order valence-corrected chi connectivity index (χ1v) is 7.92. The molecular formula is C17H24F2N2O. The molecule has 1 aliphatic heterocycles. The van der Waals surface area contributed by atoms with Crippen LogP contribution in [0.4, 0.5) is 8.78 Å². The number of hydrogen-bond acceptors (Lipinski definition) is 2. The molecule has 0 saturated carbocycles. The molecule has 1 amide bonds. The molecule has 1 fully saturated rings. The number of piperidine rings is 1. The molecule has 3 nitrogen and oxygen atoms in total. The van der Waals surface area contributed by atoms with Crippen molar-refractivity contribution in [3.8, 4) is 0 Å². The van der Waals surface area contributed by atoms with E-state index >= 15 is 0 Å². The van der Waals surface area contributed by atoms with Crippen LogP contribution >= 0.6 is 0 Å². The molecule has 0 spiro atoms. The smallest absolute Gasteiger partial charge is 0.220 e. The van der Waals surface area contributed by atoms with Crippen molar-refractivity contribution in [1.82, 2.24) is 10.6 Å². The number of carbonyl (C=O) groups is 1. The van der Waals surface area contributed by atoms with Gasteiger partial charge in [-0.05, 0) is 50.8 Å². The van der Waals surface area contributed by atoms with Crippen molar-refractivity contribution in [2.24, 2.45) is 11.8 Å². The van der Waals surface area contributed by atoms with E-state index in [0.717, 1.165) is 32.0 Å². The van der Waals surface area contributed by atoms with Crippen LogP contribution in [0.1, 0.15) is 44.7 Å². The summed E-state index contributed by atoms with van der Waals surface area (Å²) in [5.74, 6) is -0.528. The van der Waals surface area contributed by atoms with Crippen LogP contribution < -0.4 is 10.6 Å². The Kier molecular flexibility index (Phi) is 5.89. The van der Waals surface area contributed by atoms with Gasteiger partial charge in [-0.1, -0.05) is 13.0 Å². The number of nitrogens with one attached hydrogen (secondary N) is 2. The maximum Gasteiger partial charge on any atom is 0.220 e. The Balaban J connectivity index is 1.87. The Bertz CT molecular complexity index is 515. The molecule has 3 unspecified atom stereocenters. The predicted octanol–water partition coefficient (Wildman–Crippen LogP) is 3.17. The molecule has 1 saturated heterocycles. The average Bonchev–Trinajstić information content (AvgIpc) is 2.47. The number of amides is 1. The average molecular weight is 310 g/mol. The Morgan fingerprint density at radius 1 is 1.41 bits per heavy atom. The summed E-state index contributed by atoms with van der Waals surface area (Å²) >= 11 is 0. The predicted molar refractivity (Wildman–Crippen MR) is 82.3 cm³/mol. The Morgan fingerprint density at radius 2 is 2.18 bits per heavy atom. The highest BCUT2D eigenvalue weighted by Gasteiger charge is 2.23. The van der Waals surface area contributed by atoms with E-state index in [9.17, 15) is 13.6 Å². The summed E-state index contributed by atoms with van der Waals surface area (Å²) in [5, 5.41) is 6.16. The summed E-state index contributed by atoms with van der Waals surface area (Å²) in [6, 6.07) is 2.96. The highest BCUT2D eigenvalue weighted by Crippen LogP contribution is 2.23. The molecule has 1 aromatic carbocycles. The van der Waals surface area contributed by atoms with E-state index in [4.69, 9.17) is 0 Å². The highest BCUT2D eigenvalue weighted by atomic mass is 19.1. The molecule has 3 atom stereocenters. The first-order valence-electron chi connectivity index (χ1n) is 7.92. The zero-order chi connectivity index (χ0) is 16.1. The molecule has 0 aromatic heterocycles. The standard InChI is InChI=1S/C17H24F2N2O/c1-11(13-4-3-7-20-10-13)8-17(22)21-12(2)15-6-5-14(18)9-16(15)19/h5-6,9,11-13,20H,3-4,7-8,10H2,1-2H3,(H,21,22). The zero-order valence-electron chi connectivity index (χ0n) is 13.2. The minimum absolute atomic E-state index is 0.0886. The molecular weight excluding hydrogens is 286 g/mol. The monoisotopic (exact) mass is 310 g/mol. The maximum absolute atomic E-state index is 13.7. The van der Waals surface area contributed by atoms with Crippen LogP contribution in [0, 0.1) is 23.5 Å². The van der Waals surface area contributed by atoms with Gasteiger partial charge in [-0.25, -0.2) is 8.78 Å². The first kappa shape index (κ1) is 16.9. The molecule has 5 heteroatoms. The van der Waals surface area contributed by atoms with Gasteiger partial charge in [0.15, 0.2) is 0 Å². The van der Waals surface area contributed by atoms with Gasteiger partial charge in [-0.3, -0.25) is 4.79 Å². The van der Waals surface area contributed by atoms with Crippen LogP contribution in [0.25, 0.3) is 0 Å². The summed E-state index contributed by atoms with van der Waals surface area (Å²) in [4.78, 5) is 12.1. The minimum Gasteiger partial charge on any atom is -0.349 e. The number of carbonyl (C=O) groups excluding carboxylic acids is 1. The van der Waals surface area contributed by atoms with E-state index < -0.39 is 17.7 Å². The van der Waals surface area contributed by atoms with Crippen LogP contribution in [-0.2, 0) is 4.79 Å². The Morgan fingerprint density at radius 3 is 2.82 bits per heavy atom. The summed E-state index contributed by atoms with van der Waals surface area (Å²) in [5.41, 5.74) is 0.307. The van der Waals surface area contributed by atoms with Crippen molar-refractivity contribution < 1.29 is 13.6 Å². The summed E-state index contributed by atoms with van der Waals surface area (Å²) in [7, 11) is 0. The zero-order valence-corrected chi connectivity index (χ0v) is 13.2. The SMILES string of the molecule is CC(NC(=O)CC(C)C1CCCNC1)c1ccc(F)cc1F. The second-order valence-corrected chi connectivity index (χ2v) is 6.24. The minimum atomic E-state index is -0.627. The second kappa shape index (κ2) is 7.68. The molecule has 0 aliphatic carbocycles. The molecule has 122 valence electrons. The van der Waals surface area contributed by atoms with Crippen LogP contribution in [0.3, 0.4) is 0 Å². The van der Waals surface area contributed by atoms with Gasteiger partial charge in [0.25, 0.3) is 0 Å². The lowest BCUT2D eigenvalue weighted by Gasteiger charge is -2.28. The fourth-order valence-electron chi connectivity index (χ4n) is 3.05. The molecule has 22 heavy (non-hydrogen) atoms. The first-order chi connectivity index (χ1) is 10.5. The molecule has 1 heterocycles. The third-order valence-corrected chi connectivity index (χ3v) is 4.45. The second-order valence-electron chi connectivity index (χ2n) is 6.24. The van der Waals surface area contributed by atoms with E-state index in [0.29, 0.717) is 17.9 Å². The molecule has 2 rings (SSSR count). The molecule has 0 bridgehead atoms. The van der Waals surface area contributed by atoms with E-state index in [-0.39, 0.29) is 11.8 Å². The topological polar surface area (TPSA) is 41.1 Å². The summed E-state index contributed by atoms with van der Waals surface area (Å²) in [6.45, 7) is 5.80. The van der Waals surface area contributed by atoms with E-state index in [1.807, 2.05) is 0 Å². The number of hydrogen-bond donors (Lipinski definition) is 2. The number of rotatable bonds is 5. The van der Waals surface area contributed by atoms with Crippen molar-refractivity contribution in [3.63, 3.8) is 0 Å². The molecule has 1 aliphatic rings. The lowest BCUT2D eigenvalue weighted by atomic mass is 9.85. The van der Waals surface area contributed by atoms with Gasteiger partial charge < -0.3 is 10.6 Å². The largest absolute Gasteiger partial charge is 0.349 e. The van der Waals surface area contributed by atoms with Gasteiger partial charge in [-0.2, -0.15) is 0 Å². The summed E-state index contributed by atoms with van der Waals surface area (Å²) < 4.78 is 26.6. The van der Waals surface area contributed by atoms with Gasteiger partial charge >= 0.3 is 0 Å². The normalized spacial score (nSPS) is 21.2. The highest BCUT2D eigenvalue weighted by molar-refractivity contribution is 5.76. The van der Waals surface area contributed by atoms with Crippen LogP contribution in [0.2, 0.25) is 0 Å². The van der Waals surface area contributed by atoms with Crippen LogP contribution in [-0.4, -0.2) is 19.0 Å².